The van der Waals surface area contributed by atoms with Crippen LogP contribution in [-0.4, -0.2) is 21.0 Å². The van der Waals surface area contributed by atoms with Crippen LogP contribution in [0.15, 0.2) is 65.1 Å². The van der Waals surface area contributed by atoms with Crippen LogP contribution in [0.25, 0.3) is 0 Å². The number of nitrogens with one attached hydrogen (secondary N) is 1. The first-order valence-corrected chi connectivity index (χ1v) is 8.28. The predicted molar refractivity (Wildman–Crippen MR) is 85.3 cm³/mol. The highest BCUT2D eigenvalue weighted by Crippen LogP contribution is 2.39. The number of halogens is 3. The normalized spacial score (nSPS) is 14.1. The zero-order valence-corrected chi connectivity index (χ0v) is 13.7. The highest BCUT2D eigenvalue weighted by Gasteiger charge is 2.46. The van der Waals surface area contributed by atoms with Crippen LogP contribution >= 0.6 is 11.8 Å². The molecular weight excluding hydrogens is 351 g/mol. The van der Waals surface area contributed by atoms with Crippen LogP contribution in [-0.2, 0) is 14.3 Å². The molecule has 1 aromatic rings. The van der Waals surface area contributed by atoms with E-state index in [1.54, 1.807) is 11.8 Å². The Labute approximate surface area is 136 Å². The average Bonchev–Trinajstić information content (AvgIpc) is 2.52. The number of anilines is 1. The lowest BCUT2D eigenvalue weighted by Gasteiger charge is -2.20. The van der Waals surface area contributed by atoms with E-state index < -0.39 is 15.6 Å². The average molecular weight is 365 g/mol. The highest BCUT2D eigenvalue weighted by molar-refractivity contribution is 8.03. The van der Waals surface area contributed by atoms with Crippen molar-refractivity contribution in [1.29, 1.82) is 0 Å². The van der Waals surface area contributed by atoms with Crippen LogP contribution in [0.3, 0.4) is 0 Å². The molecule has 1 heterocycles. The molecule has 126 valence electrons. The number of hydrogen-bond donors (Lipinski definition) is 1. The molecule has 1 N–H and O–H groups in total. The van der Waals surface area contributed by atoms with Crippen LogP contribution in [0.4, 0.5) is 18.9 Å². The summed E-state index contributed by atoms with van der Waals surface area (Å²) < 4.78 is 55.9. The molecule has 0 aromatic heterocycles. The summed E-state index contributed by atoms with van der Waals surface area (Å²) in [6.07, 6.45) is 3.67. The van der Waals surface area contributed by atoms with Crippen molar-refractivity contribution in [3.8, 4) is 0 Å². The minimum absolute atomic E-state index is 0.447. The van der Waals surface area contributed by atoms with Crippen molar-refractivity contribution in [2.75, 3.05) is 12.4 Å². The molecule has 0 saturated heterocycles. The van der Waals surface area contributed by atoms with Crippen molar-refractivity contribution in [1.82, 2.24) is 0 Å². The summed E-state index contributed by atoms with van der Waals surface area (Å²) in [6.45, 7) is 7.56. The molecule has 1 aliphatic heterocycles. The van der Waals surface area contributed by atoms with E-state index in [2.05, 4.69) is 34.8 Å². The van der Waals surface area contributed by atoms with Gasteiger partial charge in [-0.05, 0) is 18.2 Å². The molecule has 1 aliphatic rings. The lowest BCUT2D eigenvalue weighted by Crippen LogP contribution is -2.23. The fourth-order valence-corrected chi connectivity index (χ4v) is 2.57. The third-order valence-corrected chi connectivity index (χ3v) is 4.72. The smallest absolute Gasteiger partial charge is 0.354 e. The van der Waals surface area contributed by atoms with Crippen molar-refractivity contribution in [2.45, 2.75) is 10.4 Å². The van der Waals surface area contributed by atoms with Crippen LogP contribution in [0.2, 0.25) is 0 Å². The first-order chi connectivity index (χ1) is 10.7. The Morgan fingerprint density at radius 2 is 1.83 bits per heavy atom. The second kappa shape index (κ2) is 7.71. The van der Waals surface area contributed by atoms with Gasteiger partial charge in [0, 0.05) is 9.80 Å². The molecule has 0 bridgehead atoms. The number of benzene rings is 1. The van der Waals surface area contributed by atoms with Gasteiger partial charge in [-0.1, -0.05) is 43.1 Å². The number of fused-ring (bicyclic) bond motifs is 1. The van der Waals surface area contributed by atoms with Crippen LogP contribution < -0.4 is 5.32 Å². The van der Waals surface area contributed by atoms with Gasteiger partial charge in [0.05, 0.1) is 18.5 Å². The van der Waals surface area contributed by atoms with Crippen molar-refractivity contribution in [3.63, 3.8) is 0 Å². The standard InChI is InChI=1S/C12H11NS.C2H3F3O3S/c1-3-9-11(4-2)14-12-8-6-5-7-10(12)13-9;1-8-9(6,7)2(3,4)5/h3-8,13H,1-2H2;1H3. The first kappa shape index (κ1) is 19.3. The molecule has 0 saturated carbocycles. The van der Waals surface area contributed by atoms with Gasteiger partial charge in [-0.15, -0.1) is 0 Å². The highest BCUT2D eigenvalue weighted by atomic mass is 32.2. The number of alkyl halides is 3. The molecule has 0 atom stereocenters. The quantitative estimate of drug-likeness (QED) is 0.640. The third kappa shape index (κ3) is 4.88. The fraction of sp³-hybridized carbons (Fsp3) is 0.143. The molecule has 23 heavy (non-hydrogen) atoms. The maximum atomic E-state index is 11.1. The van der Waals surface area contributed by atoms with E-state index in [4.69, 9.17) is 0 Å². The van der Waals surface area contributed by atoms with Gasteiger partial charge in [0.25, 0.3) is 0 Å². The zero-order chi connectivity index (χ0) is 17.7. The number of para-hydroxylation sites is 1. The van der Waals surface area contributed by atoms with Gasteiger partial charge in [-0.25, -0.2) is 0 Å². The van der Waals surface area contributed by atoms with Crippen LogP contribution in [0.1, 0.15) is 0 Å². The summed E-state index contributed by atoms with van der Waals surface area (Å²) in [5.74, 6) is 0. The lowest BCUT2D eigenvalue weighted by atomic mass is 10.3. The maximum absolute atomic E-state index is 11.1. The number of rotatable bonds is 3. The van der Waals surface area contributed by atoms with Gasteiger partial charge >= 0.3 is 15.6 Å². The minimum Gasteiger partial charge on any atom is -0.354 e. The van der Waals surface area contributed by atoms with Crippen LogP contribution in [0, 0.1) is 0 Å². The Balaban J connectivity index is 0.000000257. The molecule has 2 rings (SSSR count). The van der Waals surface area contributed by atoms with E-state index in [-0.39, 0.29) is 0 Å². The number of hydrogen-bond acceptors (Lipinski definition) is 5. The lowest BCUT2D eigenvalue weighted by molar-refractivity contribution is -0.0526. The summed E-state index contributed by atoms with van der Waals surface area (Å²) in [4.78, 5) is 2.35. The Morgan fingerprint density at radius 1 is 1.22 bits per heavy atom. The summed E-state index contributed by atoms with van der Waals surface area (Å²) in [6, 6.07) is 8.21. The zero-order valence-electron chi connectivity index (χ0n) is 12.1. The largest absolute Gasteiger partial charge is 0.523 e. The Morgan fingerprint density at radius 3 is 2.26 bits per heavy atom. The molecule has 0 aliphatic carbocycles. The predicted octanol–water partition coefficient (Wildman–Crippen LogP) is 4.27. The molecule has 1 aromatic carbocycles. The first-order valence-electron chi connectivity index (χ1n) is 6.06. The van der Waals surface area contributed by atoms with E-state index in [1.807, 2.05) is 24.3 Å². The third-order valence-electron chi connectivity index (χ3n) is 2.53. The Kier molecular flexibility index (Phi) is 6.48. The second-order valence-corrected chi connectivity index (χ2v) is 6.76. The van der Waals surface area contributed by atoms with Crippen molar-refractivity contribution >= 4 is 27.6 Å². The van der Waals surface area contributed by atoms with E-state index >= 15 is 0 Å². The monoisotopic (exact) mass is 365 g/mol. The summed E-state index contributed by atoms with van der Waals surface area (Å²) in [5, 5.41) is 3.32. The summed E-state index contributed by atoms with van der Waals surface area (Å²) in [5.41, 5.74) is -3.14. The maximum Gasteiger partial charge on any atom is 0.523 e. The van der Waals surface area contributed by atoms with Crippen molar-refractivity contribution in [2.24, 2.45) is 0 Å². The molecule has 0 fully saturated rings. The minimum atomic E-state index is -5.34. The van der Waals surface area contributed by atoms with E-state index in [0.717, 1.165) is 16.3 Å². The van der Waals surface area contributed by atoms with Gasteiger partial charge in [0.15, 0.2) is 0 Å². The summed E-state index contributed by atoms with van der Waals surface area (Å²) >= 11 is 1.72. The SMILES string of the molecule is C=CC1=C(C=C)Sc2ccccc2N1.COS(=O)(=O)C(F)(F)F. The Bertz CT molecular complexity index is 686. The molecule has 0 spiro atoms. The Hall–Kier alpha value is -1.71. The molecule has 0 radical (unpaired) electrons. The van der Waals surface area contributed by atoms with Gasteiger partial charge < -0.3 is 5.32 Å². The molecular formula is C14H14F3NO3S2. The van der Waals surface area contributed by atoms with E-state index in [9.17, 15) is 21.6 Å². The van der Waals surface area contributed by atoms with Crippen molar-refractivity contribution in [3.05, 3.63) is 60.2 Å². The van der Waals surface area contributed by atoms with Gasteiger partial charge in [0.2, 0.25) is 0 Å². The fourth-order valence-electron chi connectivity index (χ4n) is 1.44. The topological polar surface area (TPSA) is 55.4 Å². The van der Waals surface area contributed by atoms with Crippen molar-refractivity contribution < 1.29 is 25.8 Å². The molecule has 9 heteroatoms. The van der Waals surface area contributed by atoms with E-state index in [0.29, 0.717) is 7.11 Å². The second-order valence-electron chi connectivity index (χ2n) is 3.98. The molecule has 4 nitrogen and oxygen atoms in total. The van der Waals surface area contributed by atoms with Gasteiger partial charge in [-0.2, -0.15) is 21.6 Å². The number of thioether (sulfide) groups is 1. The number of allylic oxidation sites excluding steroid dienone is 2. The van der Waals surface area contributed by atoms with Gasteiger partial charge in [-0.3, -0.25) is 4.18 Å². The summed E-state index contributed by atoms with van der Waals surface area (Å²) in [7, 11) is -4.89. The molecule has 0 unspecified atom stereocenters. The van der Waals surface area contributed by atoms with Gasteiger partial charge in [0.1, 0.15) is 0 Å². The van der Waals surface area contributed by atoms with E-state index in [1.165, 1.54) is 4.90 Å². The molecule has 0 amide bonds. The van der Waals surface area contributed by atoms with Crippen LogP contribution in [0.5, 0.6) is 0 Å².